The number of aromatic carboxylic acids is 2. The summed E-state index contributed by atoms with van der Waals surface area (Å²) in [5.74, 6) is 3.83. The van der Waals surface area contributed by atoms with Crippen molar-refractivity contribution < 1.29 is 29.7 Å². The molecule has 0 fully saturated rings. The molecule has 6 aromatic rings. The number of rotatable bonds is 10. The predicted octanol–water partition coefficient (Wildman–Crippen LogP) is 12.4. The monoisotopic (exact) mass is 882 g/mol. The lowest BCUT2D eigenvalue weighted by Crippen LogP contribution is -2.21. The van der Waals surface area contributed by atoms with Crippen LogP contribution in [0.15, 0.2) is 127 Å². The van der Waals surface area contributed by atoms with Crippen LogP contribution in [-0.2, 0) is 10.8 Å². The number of hydrogen-bond acceptors (Lipinski definition) is 6. The van der Waals surface area contributed by atoms with E-state index in [1.807, 2.05) is 52.5 Å². The minimum atomic E-state index is -0.985. The molecule has 0 amide bonds. The van der Waals surface area contributed by atoms with Crippen molar-refractivity contribution in [2.45, 2.75) is 72.3 Å². The van der Waals surface area contributed by atoms with E-state index < -0.39 is 18.0 Å². The molecule has 0 bridgehead atoms. The van der Waals surface area contributed by atoms with Gasteiger partial charge < -0.3 is 25.1 Å². The van der Waals surface area contributed by atoms with Crippen LogP contribution in [0.25, 0.3) is 28.3 Å². The smallest absolute Gasteiger partial charge is 0.335 e. The summed E-state index contributed by atoms with van der Waals surface area (Å²) in [5.41, 5.74) is 14.1. The van der Waals surface area contributed by atoms with Crippen molar-refractivity contribution in [1.29, 1.82) is 0 Å². The zero-order valence-corrected chi connectivity index (χ0v) is 40.2. The molecule has 0 radical (unpaired) electrons. The van der Waals surface area contributed by atoms with Crippen LogP contribution in [-0.4, -0.2) is 61.2 Å². The van der Waals surface area contributed by atoms with E-state index in [0.29, 0.717) is 11.1 Å². The second kappa shape index (κ2) is 20.7. The lowest BCUT2D eigenvalue weighted by atomic mass is 9.79. The predicted molar refractivity (Wildman–Crippen MR) is 271 cm³/mol. The fraction of sp³-hybridized carbons (Fsp3) is 0.259. The molecule has 340 valence electrons. The first kappa shape index (κ1) is 49.8. The van der Waals surface area contributed by atoms with Gasteiger partial charge in [0.1, 0.15) is 6.10 Å². The van der Waals surface area contributed by atoms with Gasteiger partial charge in [0.15, 0.2) is 5.78 Å². The molecule has 0 aliphatic heterocycles. The average Bonchev–Trinajstić information content (AvgIpc) is 3.26. The minimum absolute atomic E-state index is 0.103. The fourth-order valence-corrected chi connectivity index (χ4v) is 7.71. The third-order valence-electron chi connectivity index (χ3n) is 11.1. The maximum Gasteiger partial charge on any atom is 0.335 e. The Labute approximate surface area is 390 Å². The highest BCUT2D eigenvalue weighted by Crippen LogP contribution is 2.43. The first-order valence-corrected chi connectivity index (χ1v) is 21.9. The largest absolute Gasteiger partial charge is 0.478 e. The molecule has 0 aliphatic rings. The number of ketones is 1. The topological polar surface area (TPSA) is 118 Å². The summed E-state index contributed by atoms with van der Waals surface area (Å²) in [6, 6.07) is 37.6. The molecule has 0 heterocycles. The van der Waals surface area contributed by atoms with E-state index in [4.69, 9.17) is 10.2 Å². The van der Waals surface area contributed by atoms with E-state index in [0.717, 1.165) is 44.8 Å². The van der Waals surface area contributed by atoms with E-state index >= 15 is 0 Å². The highest BCUT2D eigenvalue weighted by Gasteiger charge is 2.27. The van der Waals surface area contributed by atoms with Gasteiger partial charge in [-0.05, 0) is 136 Å². The van der Waals surface area contributed by atoms with Crippen LogP contribution in [0.4, 0.5) is 11.4 Å². The van der Waals surface area contributed by atoms with Crippen LogP contribution in [0, 0.1) is 25.7 Å². The van der Waals surface area contributed by atoms with Gasteiger partial charge in [-0.3, -0.25) is 4.79 Å². The number of carbonyl (C=O) groups excluding carboxylic acids is 1. The number of carbonyl (C=O) groups is 3. The fourth-order valence-electron chi connectivity index (χ4n) is 7.71. The molecule has 0 aromatic heterocycles. The summed E-state index contributed by atoms with van der Waals surface area (Å²) >= 11 is 0. The van der Waals surface area contributed by atoms with Crippen molar-refractivity contribution in [2.24, 2.45) is 0 Å². The molecule has 8 heteroatoms. The third kappa shape index (κ3) is 12.5. The van der Waals surface area contributed by atoms with Crippen molar-refractivity contribution >= 4 is 35.2 Å². The standard InChI is InChI=1S/2C29H31NO3/c2*1-19-7-12-21(13-8-19)24-17-23(18-25(30(5)6)27(24)29(2,3)4)26(31)16-11-20-9-14-22(15-10-20)28(32)33/h7-10,12-15,17-18,26,31H,1-6H3,(H,32,33);7-18H,1-6H3,(H,32,33)/b;16-11+. The number of nitrogens with zero attached hydrogens (tertiary/aromatic N) is 2. The van der Waals surface area contributed by atoms with Crippen molar-refractivity contribution in [2.75, 3.05) is 38.0 Å². The van der Waals surface area contributed by atoms with Gasteiger partial charge >= 0.3 is 11.9 Å². The van der Waals surface area contributed by atoms with Crippen LogP contribution in [0.5, 0.6) is 0 Å². The van der Waals surface area contributed by atoms with Crippen LogP contribution >= 0.6 is 0 Å². The van der Waals surface area contributed by atoms with Crippen molar-refractivity contribution in [3.8, 4) is 34.1 Å². The zero-order valence-electron chi connectivity index (χ0n) is 40.2. The van der Waals surface area contributed by atoms with Gasteiger partial charge in [-0.1, -0.05) is 131 Å². The summed E-state index contributed by atoms with van der Waals surface area (Å²) in [6.45, 7) is 17.3. The minimum Gasteiger partial charge on any atom is -0.478 e. The van der Waals surface area contributed by atoms with Crippen LogP contribution < -0.4 is 9.80 Å². The summed E-state index contributed by atoms with van der Waals surface area (Å²) in [7, 11) is 8.01. The number of carboxylic acid groups (broad SMARTS) is 2. The Morgan fingerprint density at radius 3 is 1.41 bits per heavy atom. The molecule has 66 heavy (non-hydrogen) atoms. The molecular weight excluding hydrogens is 821 g/mol. The van der Waals surface area contributed by atoms with E-state index in [9.17, 15) is 19.5 Å². The number of hydrogen-bond donors (Lipinski definition) is 3. The average molecular weight is 883 g/mol. The number of anilines is 2. The summed E-state index contributed by atoms with van der Waals surface area (Å²) < 4.78 is 0. The lowest BCUT2D eigenvalue weighted by molar-refractivity contribution is 0.0686. The van der Waals surface area contributed by atoms with Crippen molar-refractivity contribution in [1.82, 2.24) is 0 Å². The van der Waals surface area contributed by atoms with Gasteiger partial charge in [0, 0.05) is 50.7 Å². The number of aliphatic hydroxyl groups is 1. The second-order valence-corrected chi connectivity index (χ2v) is 19.1. The molecular formula is C58H62N2O6. The van der Waals surface area contributed by atoms with E-state index in [2.05, 4.69) is 126 Å². The van der Waals surface area contributed by atoms with Gasteiger partial charge in [-0.15, -0.1) is 0 Å². The summed E-state index contributed by atoms with van der Waals surface area (Å²) in [6.07, 6.45) is 2.27. The highest BCUT2D eigenvalue weighted by molar-refractivity contribution is 6.08. The normalized spacial score (nSPS) is 11.8. The number of aliphatic hydroxyl groups excluding tert-OH is 1. The molecule has 3 N–H and O–H groups in total. The highest BCUT2D eigenvalue weighted by atomic mass is 16.4. The van der Waals surface area contributed by atoms with E-state index in [-0.39, 0.29) is 27.7 Å². The summed E-state index contributed by atoms with van der Waals surface area (Å²) in [4.78, 5) is 39.4. The Morgan fingerprint density at radius 2 is 0.985 bits per heavy atom. The van der Waals surface area contributed by atoms with Gasteiger partial charge in [-0.2, -0.15) is 0 Å². The number of aryl methyl sites for hydroxylation is 2. The SMILES string of the molecule is Cc1ccc(-c2cc(C(=O)/C=C/c3ccc(C(=O)O)cc3)cc(N(C)C)c2C(C)(C)C)cc1.Cc1ccc(-c2cc(C(O)C#Cc3ccc(C(=O)O)cc3)cc(N(C)C)c2C(C)(C)C)cc1. The van der Waals surface area contributed by atoms with Gasteiger partial charge in [-0.25, -0.2) is 9.59 Å². The van der Waals surface area contributed by atoms with Crippen LogP contribution in [0.1, 0.15) is 118 Å². The number of allylic oxidation sites excluding steroid dienone is 1. The third-order valence-corrected chi connectivity index (χ3v) is 11.1. The van der Waals surface area contributed by atoms with Crippen molar-refractivity contribution in [3.05, 3.63) is 183 Å². The molecule has 0 saturated heterocycles. The zero-order chi connectivity index (χ0) is 48.7. The van der Waals surface area contributed by atoms with Crippen LogP contribution in [0.3, 0.4) is 0 Å². The first-order chi connectivity index (χ1) is 30.9. The maximum absolute atomic E-state index is 13.2. The van der Waals surface area contributed by atoms with E-state index in [1.54, 1.807) is 36.4 Å². The molecule has 0 saturated carbocycles. The molecule has 1 atom stereocenters. The quantitative estimate of drug-likeness (QED) is 0.0707. The Balaban J connectivity index is 0.000000247. The van der Waals surface area contributed by atoms with Gasteiger partial charge in [0.2, 0.25) is 0 Å². The van der Waals surface area contributed by atoms with E-state index in [1.165, 1.54) is 46.5 Å². The molecule has 6 aromatic carbocycles. The Kier molecular flexibility index (Phi) is 15.7. The first-order valence-electron chi connectivity index (χ1n) is 21.9. The Bertz CT molecular complexity index is 2790. The molecule has 6 rings (SSSR count). The van der Waals surface area contributed by atoms with Gasteiger partial charge in [0.25, 0.3) is 0 Å². The molecule has 8 nitrogen and oxygen atoms in total. The van der Waals surface area contributed by atoms with Crippen molar-refractivity contribution in [3.63, 3.8) is 0 Å². The molecule has 1 unspecified atom stereocenters. The van der Waals surface area contributed by atoms with Gasteiger partial charge in [0.05, 0.1) is 11.1 Å². The Morgan fingerprint density at radius 1 is 0.561 bits per heavy atom. The Hall–Kier alpha value is -7.21. The van der Waals surface area contributed by atoms with Crippen LogP contribution in [0.2, 0.25) is 0 Å². The summed E-state index contributed by atoms with van der Waals surface area (Å²) in [5, 5.41) is 29.1. The number of carboxylic acids is 2. The second-order valence-electron chi connectivity index (χ2n) is 19.1. The molecule has 0 spiro atoms. The lowest BCUT2D eigenvalue weighted by Gasteiger charge is -2.31. The number of benzene rings is 6. The molecule has 0 aliphatic carbocycles. The maximum atomic E-state index is 13.2.